The van der Waals surface area contributed by atoms with Crippen molar-refractivity contribution in [2.75, 3.05) is 0 Å². The molecule has 0 radical (unpaired) electrons. The summed E-state index contributed by atoms with van der Waals surface area (Å²) in [5, 5.41) is 0. The highest BCUT2D eigenvalue weighted by Crippen LogP contribution is 2.64. The van der Waals surface area contributed by atoms with Crippen molar-refractivity contribution >= 4 is 0 Å². The molecule has 23 heavy (non-hydrogen) atoms. The molecule has 3 nitrogen and oxygen atoms in total. The first-order chi connectivity index (χ1) is 11.4. The van der Waals surface area contributed by atoms with Gasteiger partial charge in [0.15, 0.2) is 0 Å². The average Bonchev–Trinajstić information content (AvgIpc) is 3.19. The van der Waals surface area contributed by atoms with Crippen LogP contribution >= 0.6 is 0 Å². The molecule has 0 saturated carbocycles. The van der Waals surface area contributed by atoms with Crippen molar-refractivity contribution in [1.29, 1.82) is 0 Å². The van der Waals surface area contributed by atoms with Crippen LogP contribution in [0.25, 0.3) is 0 Å². The van der Waals surface area contributed by atoms with E-state index in [1.54, 1.807) is 0 Å². The molecule has 2 fully saturated rings. The lowest BCUT2D eigenvalue weighted by Crippen LogP contribution is -2.40. The second-order valence-corrected chi connectivity index (χ2v) is 6.16. The van der Waals surface area contributed by atoms with Crippen molar-refractivity contribution in [2.45, 2.75) is 11.6 Å². The monoisotopic (exact) mass is 304 g/mol. The van der Waals surface area contributed by atoms with Gasteiger partial charge in [-0.2, -0.15) is 9.78 Å². The number of ether oxygens (including phenoxy) is 1. The molecular formula is C20H16O3. The first-order valence-corrected chi connectivity index (χ1v) is 7.88. The van der Waals surface area contributed by atoms with Gasteiger partial charge in [-0.3, -0.25) is 0 Å². The molecule has 0 aromatic heterocycles. The predicted molar refractivity (Wildman–Crippen MR) is 84.8 cm³/mol. The van der Waals surface area contributed by atoms with Crippen LogP contribution in [0.3, 0.4) is 0 Å². The van der Waals surface area contributed by atoms with Gasteiger partial charge in [0.1, 0.15) is 0 Å². The van der Waals surface area contributed by atoms with E-state index >= 15 is 0 Å². The Morgan fingerprint density at radius 1 is 0.609 bits per heavy atom. The van der Waals surface area contributed by atoms with E-state index in [0.29, 0.717) is 0 Å². The predicted octanol–water partition coefficient (Wildman–Crippen LogP) is 4.04. The van der Waals surface area contributed by atoms with Crippen molar-refractivity contribution in [1.82, 2.24) is 0 Å². The fourth-order valence-electron chi connectivity index (χ4n) is 3.90. The molecule has 5 rings (SSSR count). The minimum absolute atomic E-state index is 0.0730. The molecule has 2 heterocycles. The summed E-state index contributed by atoms with van der Waals surface area (Å²) in [6, 6.07) is 20.1. The SMILES string of the molecule is C1=CC2C(C=C1)C1(c3ccccc3)OOC2(c2ccccc2)O1. The molecule has 4 unspecified atom stereocenters. The lowest BCUT2D eigenvalue weighted by Gasteiger charge is -2.35. The molecule has 3 aliphatic rings. The van der Waals surface area contributed by atoms with Gasteiger partial charge in [-0.25, -0.2) is 0 Å². The molecule has 0 amide bonds. The largest absolute Gasteiger partial charge is 0.303 e. The highest BCUT2D eigenvalue weighted by atomic mass is 17.3. The van der Waals surface area contributed by atoms with Crippen LogP contribution in [0.4, 0.5) is 0 Å². The molecule has 1 aliphatic carbocycles. The summed E-state index contributed by atoms with van der Waals surface area (Å²) >= 11 is 0. The van der Waals surface area contributed by atoms with E-state index < -0.39 is 11.6 Å². The van der Waals surface area contributed by atoms with E-state index in [4.69, 9.17) is 14.5 Å². The van der Waals surface area contributed by atoms with Gasteiger partial charge in [0.25, 0.3) is 0 Å². The van der Waals surface area contributed by atoms with Crippen LogP contribution in [0.5, 0.6) is 0 Å². The van der Waals surface area contributed by atoms with E-state index in [0.717, 1.165) is 11.1 Å². The molecule has 4 atom stereocenters. The number of benzene rings is 2. The third-order valence-electron chi connectivity index (χ3n) is 4.96. The normalized spacial score (nSPS) is 37.0. The molecular weight excluding hydrogens is 288 g/mol. The molecule has 3 heteroatoms. The second-order valence-electron chi connectivity index (χ2n) is 6.16. The van der Waals surface area contributed by atoms with Crippen LogP contribution < -0.4 is 0 Å². The van der Waals surface area contributed by atoms with Crippen LogP contribution in [-0.2, 0) is 26.1 Å². The number of allylic oxidation sites excluding steroid dienone is 2. The van der Waals surface area contributed by atoms with Gasteiger partial charge in [-0.05, 0) is 0 Å². The zero-order chi connectivity index (χ0) is 15.3. The minimum atomic E-state index is -0.900. The topological polar surface area (TPSA) is 27.7 Å². The van der Waals surface area contributed by atoms with Gasteiger partial charge >= 0.3 is 0 Å². The highest BCUT2D eigenvalue weighted by Gasteiger charge is 2.71. The Kier molecular flexibility index (Phi) is 2.68. The van der Waals surface area contributed by atoms with Gasteiger partial charge in [0.2, 0.25) is 11.6 Å². The summed E-state index contributed by atoms with van der Waals surface area (Å²) in [6.07, 6.45) is 8.42. The summed E-state index contributed by atoms with van der Waals surface area (Å²) in [7, 11) is 0. The summed E-state index contributed by atoms with van der Waals surface area (Å²) < 4.78 is 6.52. The van der Waals surface area contributed by atoms with Crippen LogP contribution in [0.2, 0.25) is 0 Å². The maximum atomic E-state index is 6.52. The Balaban J connectivity index is 1.70. The smallest absolute Gasteiger partial charge is 0.237 e. The fraction of sp³-hybridized carbons (Fsp3) is 0.200. The minimum Gasteiger partial charge on any atom is -0.303 e. The molecule has 0 N–H and O–H groups in total. The Morgan fingerprint density at radius 3 is 1.48 bits per heavy atom. The van der Waals surface area contributed by atoms with Crippen molar-refractivity contribution < 1.29 is 14.5 Å². The van der Waals surface area contributed by atoms with Gasteiger partial charge < -0.3 is 4.74 Å². The number of fused-ring (bicyclic) bond motifs is 5. The average molecular weight is 304 g/mol. The zero-order valence-corrected chi connectivity index (χ0v) is 12.5. The molecule has 114 valence electrons. The molecule has 2 saturated heterocycles. The van der Waals surface area contributed by atoms with Crippen molar-refractivity contribution in [3.05, 3.63) is 96.1 Å². The first kappa shape index (κ1) is 13.3. The summed E-state index contributed by atoms with van der Waals surface area (Å²) in [6.45, 7) is 0. The quantitative estimate of drug-likeness (QED) is 0.784. The number of hydrogen-bond acceptors (Lipinski definition) is 3. The van der Waals surface area contributed by atoms with Crippen LogP contribution in [-0.4, -0.2) is 0 Å². The van der Waals surface area contributed by atoms with Crippen LogP contribution in [0.15, 0.2) is 85.0 Å². The van der Waals surface area contributed by atoms with Crippen LogP contribution in [0.1, 0.15) is 11.1 Å². The van der Waals surface area contributed by atoms with Gasteiger partial charge in [-0.1, -0.05) is 85.0 Å². The second kappa shape index (κ2) is 4.65. The van der Waals surface area contributed by atoms with Gasteiger partial charge in [-0.15, -0.1) is 0 Å². The molecule has 2 bridgehead atoms. The van der Waals surface area contributed by atoms with E-state index in [1.165, 1.54) is 0 Å². The standard InChI is InChI=1S/C20H16O3/c1-3-9-15(10-4-1)19-17-13-7-8-14-18(17)20(21-19,23-22-19)16-11-5-2-6-12-16/h1-14,17-18H. The van der Waals surface area contributed by atoms with E-state index in [1.807, 2.05) is 60.7 Å². The third kappa shape index (κ3) is 1.64. The highest BCUT2D eigenvalue weighted by molar-refractivity contribution is 5.36. The lowest BCUT2D eigenvalue weighted by atomic mass is 9.76. The molecule has 2 aliphatic heterocycles. The fourth-order valence-corrected chi connectivity index (χ4v) is 3.90. The Hall–Kier alpha value is -2.20. The molecule has 2 aromatic rings. The summed E-state index contributed by atoms with van der Waals surface area (Å²) in [5.41, 5.74) is 1.95. The number of rotatable bonds is 2. The Morgan fingerprint density at radius 2 is 1.04 bits per heavy atom. The van der Waals surface area contributed by atoms with Crippen LogP contribution in [0, 0.1) is 11.8 Å². The van der Waals surface area contributed by atoms with E-state index in [9.17, 15) is 0 Å². The zero-order valence-electron chi connectivity index (χ0n) is 12.5. The maximum Gasteiger partial charge on any atom is 0.237 e. The number of hydrogen-bond donors (Lipinski definition) is 0. The van der Waals surface area contributed by atoms with Gasteiger partial charge in [0.05, 0.1) is 11.8 Å². The van der Waals surface area contributed by atoms with Crippen molar-refractivity contribution in [3.8, 4) is 0 Å². The van der Waals surface area contributed by atoms with Gasteiger partial charge in [0, 0.05) is 11.1 Å². The van der Waals surface area contributed by atoms with Crippen molar-refractivity contribution in [3.63, 3.8) is 0 Å². The molecule has 2 aromatic carbocycles. The first-order valence-electron chi connectivity index (χ1n) is 7.88. The Bertz CT molecular complexity index is 716. The van der Waals surface area contributed by atoms with Crippen molar-refractivity contribution in [2.24, 2.45) is 11.8 Å². The lowest BCUT2D eigenvalue weighted by molar-refractivity contribution is -0.400. The summed E-state index contributed by atoms with van der Waals surface area (Å²) in [5.74, 6) is -1.65. The Labute approximate surface area is 134 Å². The third-order valence-corrected chi connectivity index (χ3v) is 4.96. The van der Waals surface area contributed by atoms with E-state index in [2.05, 4.69) is 24.3 Å². The molecule has 0 spiro atoms. The maximum absolute atomic E-state index is 6.52. The summed E-state index contributed by atoms with van der Waals surface area (Å²) in [4.78, 5) is 11.7. The van der Waals surface area contributed by atoms with E-state index in [-0.39, 0.29) is 11.8 Å².